The molecule has 0 aromatic heterocycles. The zero-order valence-corrected chi connectivity index (χ0v) is 16.0. The van der Waals surface area contributed by atoms with Crippen LogP contribution >= 0.6 is 0 Å². The van der Waals surface area contributed by atoms with Crippen LogP contribution in [0.1, 0.15) is 80.4 Å². The van der Waals surface area contributed by atoms with Gasteiger partial charge in [-0.3, -0.25) is 0 Å². The minimum atomic E-state index is -0.284. The molecule has 0 aliphatic heterocycles. The zero-order chi connectivity index (χ0) is 17.7. The van der Waals surface area contributed by atoms with Crippen LogP contribution < -0.4 is 0 Å². The third kappa shape index (κ3) is 2.85. The second-order valence-corrected chi connectivity index (χ2v) is 9.61. The van der Waals surface area contributed by atoms with Crippen LogP contribution in [-0.2, 0) is 10.8 Å². The Balaban J connectivity index is 3.82. The molecule has 0 atom stereocenters. The van der Waals surface area contributed by atoms with Gasteiger partial charge in [0, 0.05) is 5.56 Å². The molecule has 0 bridgehead atoms. The standard InChI is InChI=1S/C20H34O2/c1-17(2,3)19(7,8)13-11-12-14(21)16(22)15(13)20(9,10)18(4,5)6/h11-12,21-22H,1-10H3. The Labute approximate surface area is 136 Å². The Hall–Kier alpha value is -1.18. The average Bonchev–Trinajstić information content (AvgIpc) is 2.28. The van der Waals surface area contributed by atoms with Crippen molar-refractivity contribution in [2.24, 2.45) is 10.8 Å². The van der Waals surface area contributed by atoms with Crippen LogP contribution in [0.2, 0.25) is 0 Å². The van der Waals surface area contributed by atoms with Crippen molar-refractivity contribution < 1.29 is 10.2 Å². The lowest BCUT2D eigenvalue weighted by atomic mass is 9.58. The predicted molar refractivity (Wildman–Crippen MR) is 94.7 cm³/mol. The molecule has 0 saturated heterocycles. The van der Waals surface area contributed by atoms with Crippen molar-refractivity contribution in [2.45, 2.75) is 80.1 Å². The van der Waals surface area contributed by atoms with Gasteiger partial charge in [0.15, 0.2) is 11.5 Å². The van der Waals surface area contributed by atoms with E-state index in [9.17, 15) is 10.2 Å². The van der Waals surface area contributed by atoms with Crippen LogP contribution in [0.15, 0.2) is 12.1 Å². The molecule has 126 valence electrons. The normalized spacial score (nSPS) is 14.3. The quantitative estimate of drug-likeness (QED) is 0.683. The number of hydrogen-bond acceptors (Lipinski definition) is 2. The van der Waals surface area contributed by atoms with Gasteiger partial charge < -0.3 is 10.2 Å². The monoisotopic (exact) mass is 306 g/mol. The molecular formula is C20H34O2. The van der Waals surface area contributed by atoms with Gasteiger partial charge in [-0.2, -0.15) is 0 Å². The Morgan fingerprint density at radius 3 is 1.41 bits per heavy atom. The van der Waals surface area contributed by atoms with E-state index >= 15 is 0 Å². The van der Waals surface area contributed by atoms with Crippen LogP contribution in [0, 0.1) is 10.8 Å². The number of rotatable bonds is 2. The van der Waals surface area contributed by atoms with Gasteiger partial charge in [-0.05, 0) is 33.3 Å². The first-order valence-corrected chi connectivity index (χ1v) is 8.11. The Bertz CT molecular complexity index is 552. The highest BCUT2D eigenvalue weighted by atomic mass is 16.3. The van der Waals surface area contributed by atoms with Gasteiger partial charge in [0.25, 0.3) is 0 Å². The zero-order valence-electron chi connectivity index (χ0n) is 16.0. The fraction of sp³-hybridized carbons (Fsp3) is 0.700. The molecule has 0 spiro atoms. The van der Waals surface area contributed by atoms with Crippen LogP contribution in [0.25, 0.3) is 0 Å². The smallest absolute Gasteiger partial charge is 0.161 e. The van der Waals surface area contributed by atoms with Crippen molar-refractivity contribution >= 4 is 0 Å². The molecule has 0 radical (unpaired) electrons. The SMILES string of the molecule is CC(C)(C)C(C)(C)c1ccc(O)c(O)c1C(C)(C)C(C)(C)C. The summed E-state index contributed by atoms with van der Waals surface area (Å²) < 4.78 is 0. The Morgan fingerprint density at radius 2 is 1.05 bits per heavy atom. The van der Waals surface area contributed by atoms with Crippen molar-refractivity contribution in [3.05, 3.63) is 23.3 Å². The van der Waals surface area contributed by atoms with Crippen LogP contribution in [-0.4, -0.2) is 10.2 Å². The van der Waals surface area contributed by atoms with Gasteiger partial charge in [0.1, 0.15) is 0 Å². The average molecular weight is 306 g/mol. The molecule has 0 aliphatic rings. The summed E-state index contributed by atoms with van der Waals surface area (Å²) in [6.45, 7) is 21.9. The first-order chi connectivity index (χ1) is 9.55. The van der Waals surface area contributed by atoms with Gasteiger partial charge in [-0.25, -0.2) is 0 Å². The minimum absolute atomic E-state index is 0.0229. The fourth-order valence-corrected chi connectivity index (χ4v) is 2.51. The van der Waals surface area contributed by atoms with Crippen LogP contribution in [0.4, 0.5) is 0 Å². The van der Waals surface area contributed by atoms with E-state index in [4.69, 9.17) is 0 Å². The van der Waals surface area contributed by atoms with Crippen molar-refractivity contribution in [1.29, 1.82) is 0 Å². The Kier molecular flexibility index (Phi) is 4.44. The van der Waals surface area contributed by atoms with Crippen LogP contribution in [0.5, 0.6) is 11.5 Å². The van der Waals surface area contributed by atoms with Gasteiger partial charge in [-0.15, -0.1) is 0 Å². The van der Waals surface area contributed by atoms with E-state index < -0.39 is 0 Å². The highest BCUT2D eigenvalue weighted by molar-refractivity contribution is 5.55. The molecule has 0 fully saturated rings. The number of phenolic OH excluding ortho intramolecular Hbond substituents is 2. The molecule has 1 rings (SSSR count). The second-order valence-electron chi connectivity index (χ2n) is 9.61. The number of phenols is 2. The summed E-state index contributed by atoms with van der Waals surface area (Å²) in [4.78, 5) is 0. The molecule has 2 nitrogen and oxygen atoms in total. The summed E-state index contributed by atoms with van der Waals surface area (Å²) in [5.74, 6) is -0.0180. The maximum Gasteiger partial charge on any atom is 0.161 e. The summed E-state index contributed by atoms with van der Waals surface area (Å²) in [5, 5.41) is 20.7. The lowest BCUT2D eigenvalue weighted by Crippen LogP contribution is -2.40. The molecular weight excluding hydrogens is 272 g/mol. The van der Waals surface area contributed by atoms with E-state index in [0.717, 1.165) is 11.1 Å². The first-order valence-electron chi connectivity index (χ1n) is 8.11. The topological polar surface area (TPSA) is 40.5 Å². The summed E-state index contributed by atoms with van der Waals surface area (Å²) in [5.41, 5.74) is 1.51. The summed E-state index contributed by atoms with van der Waals surface area (Å²) in [7, 11) is 0. The number of aromatic hydroxyl groups is 2. The molecule has 0 unspecified atom stereocenters. The maximum atomic E-state index is 10.7. The number of benzene rings is 1. The molecule has 22 heavy (non-hydrogen) atoms. The van der Waals surface area contributed by atoms with Crippen molar-refractivity contribution in [2.75, 3.05) is 0 Å². The third-order valence-corrected chi connectivity index (χ3v) is 6.20. The highest BCUT2D eigenvalue weighted by Gasteiger charge is 2.44. The molecule has 2 N–H and O–H groups in total. The van der Waals surface area contributed by atoms with E-state index in [1.165, 1.54) is 0 Å². The van der Waals surface area contributed by atoms with Gasteiger partial charge in [0.2, 0.25) is 0 Å². The van der Waals surface area contributed by atoms with Crippen LogP contribution in [0.3, 0.4) is 0 Å². The first kappa shape index (κ1) is 18.9. The molecule has 1 aromatic carbocycles. The molecule has 2 heteroatoms. The highest BCUT2D eigenvalue weighted by Crippen LogP contribution is 2.53. The second kappa shape index (κ2) is 5.18. The van der Waals surface area contributed by atoms with E-state index in [2.05, 4.69) is 69.2 Å². The van der Waals surface area contributed by atoms with Crippen molar-refractivity contribution in [3.8, 4) is 11.5 Å². The molecule has 0 heterocycles. The summed E-state index contributed by atoms with van der Waals surface area (Å²) >= 11 is 0. The van der Waals surface area contributed by atoms with E-state index in [0.29, 0.717) is 0 Å². The summed E-state index contributed by atoms with van der Waals surface area (Å²) in [6, 6.07) is 3.59. The fourth-order valence-electron chi connectivity index (χ4n) is 2.51. The van der Waals surface area contributed by atoms with Gasteiger partial charge in [-0.1, -0.05) is 75.3 Å². The van der Waals surface area contributed by atoms with Gasteiger partial charge >= 0.3 is 0 Å². The molecule has 0 saturated carbocycles. The van der Waals surface area contributed by atoms with E-state index in [1.807, 2.05) is 6.07 Å². The lowest BCUT2D eigenvalue weighted by Gasteiger charge is -2.46. The maximum absolute atomic E-state index is 10.7. The van der Waals surface area contributed by atoms with Crippen molar-refractivity contribution in [1.82, 2.24) is 0 Å². The lowest BCUT2D eigenvalue weighted by molar-refractivity contribution is 0.193. The predicted octanol–water partition coefficient (Wildman–Crippen LogP) is 5.75. The Morgan fingerprint density at radius 1 is 0.636 bits per heavy atom. The molecule has 1 aromatic rings. The minimum Gasteiger partial charge on any atom is -0.504 e. The number of hydrogen-bond donors (Lipinski definition) is 2. The third-order valence-electron chi connectivity index (χ3n) is 6.20. The van der Waals surface area contributed by atoms with Crippen molar-refractivity contribution in [3.63, 3.8) is 0 Å². The largest absolute Gasteiger partial charge is 0.504 e. The molecule has 0 aliphatic carbocycles. The molecule has 0 amide bonds. The van der Waals surface area contributed by atoms with E-state index in [1.54, 1.807) is 6.07 Å². The van der Waals surface area contributed by atoms with E-state index in [-0.39, 0.29) is 33.2 Å². The summed E-state index contributed by atoms with van der Waals surface area (Å²) in [6.07, 6.45) is 0. The van der Waals surface area contributed by atoms with Gasteiger partial charge in [0.05, 0.1) is 0 Å².